The molecule has 4 aromatic rings. The number of anilines is 1. The predicted molar refractivity (Wildman–Crippen MR) is 176 cm³/mol. The topological polar surface area (TPSA) is 86.8 Å². The fourth-order valence-electron chi connectivity index (χ4n) is 4.88. The molecule has 0 saturated carbocycles. The molecular formula is C34H35Cl2N3O4S. The highest BCUT2D eigenvalue weighted by Gasteiger charge is 2.35. The highest BCUT2D eigenvalue weighted by molar-refractivity contribution is 7.92. The van der Waals surface area contributed by atoms with Crippen LogP contribution in [0.15, 0.2) is 108 Å². The van der Waals surface area contributed by atoms with Crippen molar-refractivity contribution in [3.05, 3.63) is 130 Å². The second kappa shape index (κ2) is 15.2. The van der Waals surface area contributed by atoms with E-state index in [0.717, 1.165) is 9.87 Å². The van der Waals surface area contributed by atoms with Gasteiger partial charge in [-0.15, -0.1) is 0 Å². The maximum atomic E-state index is 14.5. The summed E-state index contributed by atoms with van der Waals surface area (Å²) >= 11 is 12.5. The number of carbonyl (C=O) groups excluding carboxylic acids is 2. The molecule has 44 heavy (non-hydrogen) atoms. The van der Waals surface area contributed by atoms with E-state index in [9.17, 15) is 18.0 Å². The first-order valence-corrected chi connectivity index (χ1v) is 16.5. The Kier molecular flexibility index (Phi) is 11.4. The zero-order valence-electron chi connectivity index (χ0n) is 24.6. The van der Waals surface area contributed by atoms with Gasteiger partial charge < -0.3 is 10.2 Å². The lowest BCUT2D eigenvalue weighted by molar-refractivity contribution is -0.140. The molecule has 0 saturated heterocycles. The van der Waals surface area contributed by atoms with Crippen LogP contribution in [-0.4, -0.2) is 44.3 Å². The number of sulfonamides is 1. The molecule has 0 bridgehead atoms. The van der Waals surface area contributed by atoms with Crippen molar-refractivity contribution in [2.45, 2.75) is 44.2 Å². The number of rotatable bonds is 13. The van der Waals surface area contributed by atoms with Crippen LogP contribution in [0.1, 0.15) is 30.0 Å². The molecule has 230 valence electrons. The largest absolute Gasteiger partial charge is 0.354 e. The van der Waals surface area contributed by atoms with E-state index in [1.807, 2.05) is 43.3 Å². The summed E-state index contributed by atoms with van der Waals surface area (Å²) < 4.78 is 29.3. The Hall–Kier alpha value is -3.85. The minimum atomic E-state index is -4.20. The number of carbonyl (C=O) groups is 2. The monoisotopic (exact) mass is 651 g/mol. The third-order valence-electron chi connectivity index (χ3n) is 7.10. The first-order valence-electron chi connectivity index (χ1n) is 14.3. The van der Waals surface area contributed by atoms with E-state index in [4.69, 9.17) is 23.2 Å². The van der Waals surface area contributed by atoms with Crippen LogP contribution in [0.2, 0.25) is 10.0 Å². The first-order chi connectivity index (χ1) is 21.1. The Morgan fingerprint density at radius 2 is 1.45 bits per heavy atom. The molecular weight excluding hydrogens is 617 g/mol. The van der Waals surface area contributed by atoms with Crippen LogP contribution >= 0.6 is 23.2 Å². The smallest absolute Gasteiger partial charge is 0.264 e. The molecule has 0 aromatic heterocycles. The van der Waals surface area contributed by atoms with Crippen LogP contribution in [0.25, 0.3) is 0 Å². The molecule has 10 heteroatoms. The Morgan fingerprint density at radius 3 is 2.09 bits per heavy atom. The standard InChI is InChI=1S/C34H35Cl2N3O4S/c1-3-19-37-34(41)32(22-26-11-6-4-7-12-26)38(23-27-13-10-14-28(35)21-27)33(40)24-39(31-18-17-29(36)20-25(31)2)44(42,43)30-15-8-5-9-16-30/h4-18,20-21,32H,3,19,22-24H2,1-2H3,(H,37,41)/t32-/m0/s1. The summed E-state index contributed by atoms with van der Waals surface area (Å²) in [7, 11) is -4.20. The highest BCUT2D eigenvalue weighted by atomic mass is 35.5. The van der Waals surface area contributed by atoms with E-state index >= 15 is 0 Å². The van der Waals surface area contributed by atoms with Crippen LogP contribution in [0.3, 0.4) is 0 Å². The lowest BCUT2D eigenvalue weighted by atomic mass is 10.0. The van der Waals surface area contributed by atoms with Gasteiger partial charge in [0.25, 0.3) is 10.0 Å². The third-order valence-corrected chi connectivity index (χ3v) is 9.34. The van der Waals surface area contributed by atoms with Crippen molar-refractivity contribution in [1.29, 1.82) is 0 Å². The zero-order valence-corrected chi connectivity index (χ0v) is 26.9. The Labute approximate surface area is 269 Å². The van der Waals surface area contributed by atoms with Crippen LogP contribution in [0.5, 0.6) is 0 Å². The maximum Gasteiger partial charge on any atom is 0.264 e. The van der Waals surface area contributed by atoms with Gasteiger partial charge in [-0.3, -0.25) is 13.9 Å². The molecule has 0 fully saturated rings. The number of aryl methyl sites for hydroxylation is 1. The average molecular weight is 653 g/mol. The van der Waals surface area contributed by atoms with E-state index in [2.05, 4.69) is 5.32 Å². The van der Waals surface area contributed by atoms with E-state index in [0.29, 0.717) is 39.8 Å². The summed E-state index contributed by atoms with van der Waals surface area (Å²) in [5.74, 6) is -0.877. The Balaban J connectivity index is 1.81. The van der Waals surface area contributed by atoms with Gasteiger partial charge in [-0.05, 0) is 72.5 Å². The number of halogens is 2. The second-order valence-electron chi connectivity index (χ2n) is 10.4. The van der Waals surface area contributed by atoms with Gasteiger partial charge in [0, 0.05) is 29.6 Å². The van der Waals surface area contributed by atoms with Crippen molar-refractivity contribution in [2.24, 2.45) is 0 Å². The van der Waals surface area contributed by atoms with Gasteiger partial charge in [0.1, 0.15) is 12.6 Å². The minimum Gasteiger partial charge on any atom is -0.354 e. The number of benzene rings is 4. The van der Waals surface area contributed by atoms with Gasteiger partial charge in [0.2, 0.25) is 11.8 Å². The first kappa shape index (κ1) is 33.1. The van der Waals surface area contributed by atoms with Crippen molar-refractivity contribution in [1.82, 2.24) is 10.2 Å². The van der Waals surface area contributed by atoms with Gasteiger partial charge >= 0.3 is 0 Å². The van der Waals surface area contributed by atoms with E-state index < -0.39 is 28.5 Å². The maximum absolute atomic E-state index is 14.5. The predicted octanol–water partition coefficient (Wildman–Crippen LogP) is 6.66. The lowest BCUT2D eigenvalue weighted by Crippen LogP contribution is -2.53. The summed E-state index contributed by atoms with van der Waals surface area (Å²) in [5, 5.41) is 3.86. The van der Waals surface area contributed by atoms with E-state index in [-0.39, 0.29) is 23.8 Å². The van der Waals surface area contributed by atoms with Gasteiger partial charge in [0.15, 0.2) is 0 Å². The third kappa shape index (κ3) is 8.40. The number of hydrogen-bond donors (Lipinski definition) is 1. The Morgan fingerprint density at radius 1 is 0.818 bits per heavy atom. The number of hydrogen-bond acceptors (Lipinski definition) is 4. The zero-order chi connectivity index (χ0) is 31.7. The molecule has 1 N–H and O–H groups in total. The van der Waals surface area contributed by atoms with Crippen LogP contribution in [0.4, 0.5) is 5.69 Å². The molecule has 7 nitrogen and oxygen atoms in total. The van der Waals surface area contributed by atoms with Crippen molar-refractivity contribution in [3.63, 3.8) is 0 Å². The van der Waals surface area contributed by atoms with Gasteiger partial charge in [-0.1, -0.05) is 90.8 Å². The average Bonchev–Trinajstić information content (AvgIpc) is 3.01. The van der Waals surface area contributed by atoms with Gasteiger partial charge in [0.05, 0.1) is 10.6 Å². The van der Waals surface area contributed by atoms with E-state index in [1.165, 1.54) is 17.0 Å². The van der Waals surface area contributed by atoms with Gasteiger partial charge in [-0.2, -0.15) is 0 Å². The summed E-state index contributed by atoms with van der Waals surface area (Å²) in [6.07, 6.45) is 0.944. The minimum absolute atomic E-state index is 0.0325. The molecule has 0 unspecified atom stereocenters. The van der Waals surface area contributed by atoms with E-state index in [1.54, 1.807) is 61.5 Å². The molecule has 2 amide bonds. The molecule has 0 heterocycles. The van der Waals surface area contributed by atoms with Crippen molar-refractivity contribution >= 4 is 50.7 Å². The molecule has 0 radical (unpaired) electrons. The number of amides is 2. The van der Waals surface area contributed by atoms with Crippen LogP contribution in [0, 0.1) is 6.92 Å². The molecule has 0 aliphatic heterocycles. The van der Waals surface area contributed by atoms with Crippen LogP contribution in [-0.2, 0) is 32.6 Å². The van der Waals surface area contributed by atoms with Crippen molar-refractivity contribution in [3.8, 4) is 0 Å². The number of nitrogens with one attached hydrogen (secondary N) is 1. The summed E-state index contributed by atoms with van der Waals surface area (Å²) in [5.41, 5.74) is 2.44. The summed E-state index contributed by atoms with van der Waals surface area (Å²) in [6, 6.07) is 28.3. The SMILES string of the molecule is CCCNC(=O)[C@H](Cc1ccccc1)N(Cc1cccc(Cl)c1)C(=O)CN(c1ccc(Cl)cc1C)S(=O)(=O)c1ccccc1. The van der Waals surface area contributed by atoms with Crippen LogP contribution < -0.4 is 9.62 Å². The summed E-state index contributed by atoms with van der Waals surface area (Å²) in [6.45, 7) is 3.60. The molecule has 4 rings (SSSR count). The normalized spacial score (nSPS) is 11.9. The van der Waals surface area contributed by atoms with Crippen molar-refractivity contribution in [2.75, 3.05) is 17.4 Å². The fraction of sp³-hybridized carbons (Fsp3) is 0.235. The quantitative estimate of drug-likeness (QED) is 0.175. The van der Waals surface area contributed by atoms with Crippen molar-refractivity contribution < 1.29 is 18.0 Å². The van der Waals surface area contributed by atoms with Gasteiger partial charge in [-0.25, -0.2) is 8.42 Å². The molecule has 0 aliphatic carbocycles. The molecule has 0 spiro atoms. The molecule has 0 aliphatic rings. The second-order valence-corrected chi connectivity index (χ2v) is 13.1. The fourth-order valence-corrected chi connectivity index (χ4v) is 6.82. The lowest BCUT2D eigenvalue weighted by Gasteiger charge is -2.34. The summed E-state index contributed by atoms with van der Waals surface area (Å²) in [4.78, 5) is 29.6. The molecule has 1 atom stereocenters. The Bertz CT molecular complexity index is 1690. The number of nitrogens with zero attached hydrogens (tertiary/aromatic N) is 2. The highest BCUT2D eigenvalue weighted by Crippen LogP contribution is 2.29. The molecule has 4 aromatic carbocycles.